The van der Waals surface area contributed by atoms with Crippen LogP contribution in [0.3, 0.4) is 0 Å². The zero-order valence-corrected chi connectivity index (χ0v) is 22.0. The summed E-state index contributed by atoms with van der Waals surface area (Å²) in [7, 11) is 0. The van der Waals surface area contributed by atoms with E-state index in [1.807, 2.05) is 0 Å². The molecule has 0 aromatic heterocycles. The Balaban J connectivity index is 1.27. The van der Waals surface area contributed by atoms with Crippen LogP contribution in [0.25, 0.3) is 11.1 Å². The minimum absolute atomic E-state index is 0.00101. The lowest BCUT2D eigenvalue weighted by Gasteiger charge is -2.29. The second-order valence-electron chi connectivity index (χ2n) is 11.3. The lowest BCUT2D eigenvalue weighted by atomic mass is 9.77. The Morgan fingerprint density at radius 3 is 1.71 bits per heavy atom. The fourth-order valence-corrected chi connectivity index (χ4v) is 6.24. The molecule has 0 saturated heterocycles. The maximum Gasteiger partial charge on any atom is 0.246 e. The molecule has 0 atom stereocenters. The van der Waals surface area contributed by atoms with Crippen molar-refractivity contribution in [3.8, 4) is 11.1 Å². The summed E-state index contributed by atoms with van der Waals surface area (Å²) in [6.45, 7) is 7.82. The van der Waals surface area contributed by atoms with Gasteiger partial charge in [0.15, 0.2) is 0 Å². The zero-order chi connectivity index (χ0) is 24.6. The van der Waals surface area contributed by atoms with Crippen LogP contribution in [-0.2, 0) is 4.79 Å². The lowest BCUT2D eigenvalue weighted by molar-refractivity contribution is -0.118. The van der Waals surface area contributed by atoms with E-state index in [0.29, 0.717) is 17.5 Å². The summed E-state index contributed by atoms with van der Waals surface area (Å²) < 4.78 is 0. The number of hydrogen-bond donors (Lipinski definition) is 1. The van der Waals surface area contributed by atoms with E-state index >= 15 is 0 Å². The van der Waals surface area contributed by atoms with Gasteiger partial charge in [-0.15, -0.1) is 0 Å². The van der Waals surface area contributed by atoms with Gasteiger partial charge in [0.2, 0.25) is 5.91 Å². The number of nitrogens with one attached hydrogen (secondary N) is 1. The highest BCUT2D eigenvalue weighted by atomic mass is 16.1. The van der Waals surface area contributed by atoms with Gasteiger partial charge in [-0.25, -0.2) is 0 Å². The molecule has 0 heterocycles. The van der Waals surface area contributed by atoms with Crippen LogP contribution >= 0.6 is 0 Å². The summed E-state index contributed by atoms with van der Waals surface area (Å²) in [5.74, 6) is 2.32. The van der Waals surface area contributed by atoms with Crippen molar-refractivity contribution in [2.45, 2.75) is 109 Å². The highest BCUT2D eigenvalue weighted by Gasteiger charge is 2.24. The number of rotatable bonds is 9. The molecule has 4 rings (SSSR count). The molecule has 2 nitrogen and oxygen atoms in total. The third-order valence-electron chi connectivity index (χ3n) is 8.61. The summed E-state index contributed by atoms with van der Waals surface area (Å²) in [6, 6.07) is 18.9. The standard InChI is InChI=1S/C33H45NO/c1-4-5-6-7-25-8-10-26(11-9-25)27-12-14-28(15-13-27)29-16-18-30(19-17-29)31-20-22-32(23-21-31)34-33(35)24(2)3/h12-19,25-26,31-32H,2,4-11,20-23H2,1,3H3,(H,34,35). The van der Waals surface area contributed by atoms with Crippen molar-refractivity contribution in [2.24, 2.45) is 5.92 Å². The molecule has 1 amide bonds. The van der Waals surface area contributed by atoms with Crippen LogP contribution < -0.4 is 5.32 Å². The third kappa shape index (κ3) is 7.09. The molecule has 2 aromatic carbocycles. The van der Waals surface area contributed by atoms with Crippen molar-refractivity contribution in [2.75, 3.05) is 0 Å². The van der Waals surface area contributed by atoms with Crippen molar-refractivity contribution in [3.05, 3.63) is 71.8 Å². The summed E-state index contributed by atoms with van der Waals surface area (Å²) in [5.41, 5.74) is 6.20. The maximum atomic E-state index is 11.9. The Bertz CT molecular complexity index is 942. The SMILES string of the molecule is C=C(C)C(=O)NC1CCC(c2ccc(-c3ccc(C4CCC(CCCCC)CC4)cc3)cc2)CC1. The van der Waals surface area contributed by atoms with E-state index in [0.717, 1.165) is 37.5 Å². The minimum atomic E-state index is -0.00101. The molecular formula is C33H45NO. The summed E-state index contributed by atoms with van der Waals surface area (Å²) in [6.07, 6.45) is 15.5. The molecule has 2 aliphatic carbocycles. The molecule has 2 heteroatoms. The fraction of sp³-hybridized carbons (Fsp3) is 0.545. The summed E-state index contributed by atoms with van der Waals surface area (Å²) in [5, 5.41) is 3.12. The van der Waals surface area contributed by atoms with Gasteiger partial charge in [0, 0.05) is 11.6 Å². The molecule has 35 heavy (non-hydrogen) atoms. The number of hydrogen-bond acceptors (Lipinski definition) is 1. The maximum absolute atomic E-state index is 11.9. The molecule has 2 fully saturated rings. The lowest BCUT2D eigenvalue weighted by Crippen LogP contribution is -2.37. The Labute approximate surface area is 213 Å². The van der Waals surface area contributed by atoms with Crippen LogP contribution in [0, 0.1) is 5.92 Å². The smallest absolute Gasteiger partial charge is 0.246 e. The van der Waals surface area contributed by atoms with Crippen LogP contribution in [0.4, 0.5) is 0 Å². The van der Waals surface area contributed by atoms with E-state index in [-0.39, 0.29) is 5.91 Å². The number of benzene rings is 2. The minimum Gasteiger partial charge on any atom is -0.350 e. The van der Waals surface area contributed by atoms with E-state index < -0.39 is 0 Å². The van der Waals surface area contributed by atoms with Gasteiger partial charge in [-0.05, 0) is 98.3 Å². The highest BCUT2D eigenvalue weighted by molar-refractivity contribution is 5.92. The average Bonchev–Trinajstić information content (AvgIpc) is 2.90. The predicted octanol–water partition coefficient (Wildman–Crippen LogP) is 8.93. The molecule has 0 radical (unpaired) electrons. The number of amides is 1. The summed E-state index contributed by atoms with van der Waals surface area (Å²) in [4.78, 5) is 11.9. The van der Waals surface area contributed by atoms with Crippen molar-refractivity contribution < 1.29 is 4.79 Å². The molecule has 0 aliphatic heterocycles. The molecule has 188 valence electrons. The van der Waals surface area contributed by atoms with Gasteiger partial charge in [0.25, 0.3) is 0 Å². The topological polar surface area (TPSA) is 29.1 Å². The third-order valence-corrected chi connectivity index (χ3v) is 8.61. The van der Waals surface area contributed by atoms with Crippen molar-refractivity contribution in [3.63, 3.8) is 0 Å². The summed E-state index contributed by atoms with van der Waals surface area (Å²) >= 11 is 0. The van der Waals surface area contributed by atoms with E-state index in [4.69, 9.17) is 0 Å². The first kappa shape index (κ1) is 25.7. The Morgan fingerprint density at radius 2 is 1.26 bits per heavy atom. The van der Waals surface area contributed by atoms with Gasteiger partial charge in [0.05, 0.1) is 0 Å². The van der Waals surface area contributed by atoms with Gasteiger partial charge in [-0.3, -0.25) is 4.79 Å². The van der Waals surface area contributed by atoms with Crippen LogP contribution in [0.5, 0.6) is 0 Å². The fourth-order valence-electron chi connectivity index (χ4n) is 6.24. The molecular weight excluding hydrogens is 426 g/mol. The van der Waals surface area contributed by atoms with E-state index in [9.17, 15) is 4.79 Å². The second-order valence-corrected chi connectivity index (χ2v) is 11.3. The van der Waals surface area contributed by atoms with Crippen molar-refractivity contribution in [1.82, 2.24) is 5.32 Å². The second kappa shape index (κ2) is 12.6. The monoisotopic (exact) mass is 471 g/mol. The zero-order valence-electron chi connectivity index (χ0n) is 22.0. The van der Waals surface area contributed by atoms with E-state index in [1.54, 1.807) is 6.92 Å². The molecule has 2 aliphatic rings. The quantitative estimate of drug-likeness (QED) is 0.287. The Hall–Kier alpha value is -2.35. The first-order valence-electron chi connectivity index (χ1n) is 14.2. The Morgan fingerprint density at radius 1 is 0.771 bits per heavy atom. The number of carbonyl (C=O) groups is 1. The highest BCUT2D eigenvalue weighted by Crippen LogP contribution is 2.39. The van der Waals surface area contributed by atoms with E-state index in [2.05, 4.69) is 67.4 Å². The van der Waals surface area contributed by atoms with Crippen molar-refractivity contribution in [1.29, 1.82) is 0 Å². The van der Waals surface area contributed by atoms with E-state index in [1.165, 1.54) is 73.6 Å². The van der Waals surface area contributed by atoms with Gasteiger partial charge in [0.1, 0.15) is 0 Å². The molecule has 1 N–H and O–H groups in total. The first-order chi connectivity index (χ1) is 17.0. The van der Waals surface area contributed by atoms with Crippen molar-refractivity contribution >= 4 is 5.91 Å². The van der Waals surface area contributed by atoms with Crippen LogP contribution in [0.1, 0.15) is 114 Å². The van der Waals surface area contributed by atoms with Gasteiger partial charge < -0.3 is 5.32 Å². The molecule has 0 spiro atoms. The average molecular weight is 472 g/mol. The normalized spacial score (nSPS) is 24.6. The predicted molar refractivity (Wildman–Crippen MR) is 149 cm³/mol. The van der Waals surface area contributed by atoms with Gasteiger partial charge in [-0.1, -0.05) is 87.7 Å². The molecule has 0 bridgehead atoms. The Kier molecular flexibility index (Phi) is 9.24. The molecule has 2 saturated carbocycles. The largest absolute Gasteiger partial charge is 0.350 e. The van der Waals surface area contributed by atoms with Gasteiger partial charge in [-0.2, -0.15) is 0 Å². The van der Waals surface area contributed by atoms with Crippen LogP contribution in [-0.4, -0.2) is 11.9 Å². The molecule has 0 unspecified atom stereocenters. The van der Waals surface area contributed by atoms with Crippen LogP contribution in [0.2, 0.25) is 0 Å². The van der Waals surface area contributed by atoms with Gasteiger partial charge >= 0.3 is 0 Å². The van der Waals surface area contributed by atoms with Crippen LogP contribution in [0.15, 0.2) is 60.7 Å². The molecule has 2 aromatic rings. The number of carbonyl (C=O) groups excluding carboxylic acids is 1. The number of unbranched alkanes of at least 4 members (excludes halogenated alkanes) is 2. The first-order valence-corrected chi connectivity index (χ1v) is 14.2.